The molecule has 0 radical (unpaired) electrons. The Morgan fingerprint density at radius 1 is 0.443 bits per heavy atom. The van der Waals surface area contributed by atoms with Crippen LogP contribution in [0.25, 0.3) is 87.3 Å². The molecule has 0 unspecified atom stereocenters. The van der Waals surface area contributed by atoms with Crippen molar-refractivity contribution in [2.45, 2.75) is 52.4 Å². The molecule has 0 aliphatic rings. The van der Waals surface area contributed by atoms with Gasteiger partial charge in [0.25, 0.3) is 0 Å². The van der Waals surface area contributed by atoms with E-state index in [1.54, 1.807) is 0 Å². The predicted molar refractivity (Wildman–Crippen MR) is 260 cm³/mol. The van der Waals surface area contributed by atoms with Crippen molar-refractivity contribution >= 4 is 98.6 Å². The van der Waals surface area contributed by atoms with Crippen molar-refractivity contribution in [3.8, 4) is 5.69 Å². The number of hydrogen-bond donors (Lipinski definition) is 0. The molecule has 0 N–H and O–H groups in total. The van der Waals surface area contributed by atoms with Gasteiger partial charge in [0, 0.05) is 43.7 Å². The molecule has 0 saturated carbocycles. The molecule has 0 saturated heterocycles. The highest BCUT2D eigenvalue weighted by molar-refractivity contribution is 6.37. The van der Waals surface area contributed by atoms with Gasteiger partial charge in [-0.05, 0) is 110 Å². The van der Waals surface area contributed by atoms with Crippen molar-refractivity contribution in [1.82, 2.24) is 14.0 Å². The minimum Gasteiger partial charge on any atom is -0.308 e. The maximum absolute atomic E-state index is 5.57. The maximum atomic E-state index is 5.57. The zero-order valence-electron chi connectivity index (χ0n) is 35.5. The van der Waals surface area contributed by atoms with E-state index in [0.717, 1.165) is 39.4 Å². The van der Waals surface area contributed by atoms with Crippen LogP contribution in [0.4, 0.5) is 17.1 Å². The van der Waals surface area contributed by atoms with Crippen molar-refractivity contribution in [3.63, 3.8) is 0 Å². The fourth-order valence-corrected chi connectivity index (χ4v) is 10.1. The molecule has 0 atom stereocenters. The summed E-state index contributed by atoms with van der Waals surface area (Å²) in [5.74, 6) is 0. The van der Waals surface area contributed by atoms with Crippen LogP contribution in [0, 0.1) is 0 Å². The molecule has 0 spiro atoms. The number of benzene rings is 8. The fraction of sp³-hybridized carbons (Fsp3) is 0.140. The number of nitrogens with zero attached hydrogens (tertiary/aromatic N) is 4. The molecule has 4 aromatic heterocycles. The molecule has 0 aliphatic carbocycles. The monoisotopic (exact) mass is 786 g/mol. The maximum Gasteiger partial charge on any atom is 0.146 e. The van der Waals surface area contributed by atoms with E-state index in [-0.39, 0.29) is 10.8 Å². The summed E-state index contributed by atoms with van der Waals surface area (Å²) in [4.78, 5) is 7.98. The SMILES string of the molecule is CC(C)(C)c1ccc(-n2c3ccc(C(C)(C)C)cc3c3c4c5c6ccccc6cc6c7cc8ccccc8cc7n(c4ncc32)c65)c(N(c2ccccc2)c2ccccc2)c1. The van der Waals surface area contributed by atoms with Crippen LogP contribution in [0.15, 0.2) is 170 Å². The first-order chi connectivity index (χ1) is 29.5. The number of hydrogen-bond acceptors (Lipinski definition) is 2. The van der Waals surface area contributed by atoms with Gasteiger partial charge in [-0.15, -0.1) is 0 Å². The van der Waals surface area contributed by atoms with Crippen LogP contribution in [-0.4, -0.2) is 14.0 Å². The van der Waals surface area contributed by atoms with E-state index in [2.05, 4.69) is 225 Å². The first-order valence-corrected chi connectivity index (χ1v) is 21.5. The van der Waals surface area contributed by atoms with Crippen molar-refractivity contribution in [2.24, 2.45) is 0 Å². The molecule has 12 aromatic rings. The van der Waals surface area contributed by atoms with E-state index in [9.17, 15) is 0 Å². The molecule has 0 amide bonds. The molecule has 8 aromatic carbocycles. The summed E-state index contributed by atoms with van der Waals surface area (Å²) >= 11 is 0. The lowest BCUT2D eigenvalue weighted by atomic mass is 9.86. The number of anilines is 3. The Kier molecular flexibility index (Phi) is 7.43. The lowest BCUT2D eigenvalue weighted by Gasteiger charge is -2.30. The van der Waals surface area contributed by atoms with Crippen molar-refractivity contribution in [2.75, 3.05) is 4.90 Å². The highest BCUT2D eigenvalue weighted by Gasteiger charge is 2.29. The van der Waals surface area contributed by atoms with Gasteiger partial charge in [0.1, 0.15) is 5.65 Å². The molecule has 12 rings (SSSR count). The average Bonchev–Trinajstić information content (AvgIpc) is 3.90. The topological polar surface area (TPSA) is 25.5 Å². The quantitative estimate of drug-likeness (QED) is 0.178. The Morgan fingerprint density at radius 2 is 1.03 bits per heavy atom. The third kappa shape index (κ3) is 5.21. The van der Waals surface area contributed by atoms with E-state index in [4.69, 9.17) is 4.98 Å². The Bertz CT molecular complexity index is 3670. The van der Waals surface area contributed by atoms with Crippen molar-refractivity contribution < 1.29 is 0 Å². The van der Waals surface area contributed by atoms with Gasteiger partial charge in [0.05, 0.1) is 39.6 Å². The minimum absolute atomic E-state index is 0.0506. The standard InChI is InChI=1S/C57H46N4/c1-56(2,3)38-25-27-46-45(32-38)51-50(60(46)47-28-26-39(57(4,5)6)33-49(47)59(40-20-9-7-10-21-40)41-22-11-8-12-23-41)34-58-55-53(51)52-42-24-16-15-19-37(42)30-44-43-29-35-17-13-14-18-36(35)31-48(43)61(55)54(44)52/h7-34H,1-6H3. The van der Waals surface area contributed by atoms with Crippen LogP contribution in [0.5, 0.6) is 0 Å². The number of aromatic nitrogens is 3. The van der Waals surface area contributed by atoms with E-state index in [0.29, 0.717) is 0 Å². The lowest BCUT2D eigenvalue weighted by Crippen LogP contribution is -2.17. The molecule has 4 heteroatoms. The molecule has 61 heavy (non-hydrogen) atoms. The molecule has 0 aliphatic heterocycles. The summed E-state index contributed by atoms with van der Waals surface area (Å²) < 4.78 is 4.95. The fourth-order valence-electron chi connectivity index (χ4n) is 10.1. The Labute approximate surface area is 355 Å². The minimum atomic E-state index is -0.0710. The number of rotatable bonds is 4. The highest BCUT2D eigenvalue weighted by Crippen LogP contribution is 2.49. The van der Waals surface area contributed by atoms with E-state index < -0.39 is 0 Å². The smallest absolute Gasteiger partial charge is 0.146 e. The Morgan fingerprint density at radius 3 is 1.72 bits per heavy atom. The number of pyridine rings is 1. The molecule has 4 heterocycles. The van der Waals surface area contributed by atoms with E-state index >= 15 is 0 Å². The lowest BCUT2D eigenvalue weighted by molar-refractivity contribution is 0.590. The summed E-state index contributed by atoms with van der Waals surface area (Å²) in [6, 6.07) is 60.6. The Balaban J connectivity index is 1.29. The van der Waals surface area contributed by atoms with Crippen LogP contribution in [0.3, 0.4) is 0 Å². The highest BCUT2D eigenvalue weighted by atomic mass is 15.2. The average molecular weight is 787 g/mol. The molecule has 0 fully saturated rings. The third-order valence-corrected chi connectivity index (χ3v) is 13.1. The van der Waals surface area contributed by atoms with E-state index in [1.165, 1.54) is 76.0 Å². The van der Waals surface area contributed by atoms with Crippen LogP contribution in [-0.2, 0) is 10.8 Å². The van der Waals surface area contributed by atoms with Gasteiger partial charge < -0.3 is 9.47 Å². The predicted octanol–water partition coefficient (Wildman–Crippen LogP) is 15.7. The van der Waals surface area contributed by atoms with Crippen LogP contribution >= 0.6 is 0 Å². The van der Waals surface area contributed by atoms with Crippen molar-refractivity contribution in [1.29, 1.82) is 0 Å². The molecule has 4 nitrogen and oxygen atoms in total. The first-order valence-electron chi connectivity index (χ1n) is 21.5. The van der Waals surface area contributed by atoms with Crippen LogP contribution in [0.2, 0.25) is 0 Å². The van der Waals surface area contributed by atoms with Gasteiger partial charge in [0.2, 0.25) is 0 Å². The Hall–Kier alpha value is -7.17. The van der Waals surface area contributed by atoms with Crippen molar-refractivity contribution in [3.05, 3.63) is 181 Å². The van der Waals surface area contributed by atoms with Crippen LogP contribution in [0.1, 0.15) is 52.7 Å². The molecule has 294 valence electrons. The van der Waals surface area contributed by atoms with Crippen LogP contribution < -0.4 is 4.90 Å². The summed E-state index contributed by atoms with van der Waals surface area (Å²) in [5.41, 5.74) is 12.6. The van der Waals surface area contributed by atoms with Gasteiger partial charge >= 0.3 is 0 Å². The van der Waals surface area contributed by atoms with E-state index in [1.807, 2.05) is 0 Å². The second kappa shape index (κ2) is 12.7. The largest absolute Gasteiger partial charge is 0.308 e. The van der Waals surface area contributed by atoms with Gasteiger partial charge in [-0.1, -0.05) is 139 Å². The summed E-state index contributed by atoms with van der Waals surface area (Å²) in [6.07, 6.45) is 2.15. The first kappa shape index (κ1) is 35.7. The summed E-state index contributed by atoms with van der Waals surface area (Å²) in [5, 5.41) is 12.4. The normalized spacial score (nSPS) is 12.8. The van der Waals surface area contributed by atoms with Gasteiger partial charge in [-0.25, -0.2) is 4.98 Å². The summed E-state index contributed by atoms with van der Waals surface area (Å²) in [7, 11) is 0. The molecular weight excluding hydrogens is 741 g/mol. The molecular formula is C57H46N4. The summed E-state index contributed by atoms with van der Waals surface area (Å²) in [6.45, 7) is 13.9. The zero-order chi connectivity index (χ0) is 41.4. The third-order valence-electron chi connectivity index (χ3n) is 13.1. The second-order valence-electron chi connectivity index (χ2n) is 18.9. The number of fused-ring (bicyclic) bond motifs is 13. The number of para-hydroxylation sites is 2. The van der Waals surface area contributed by atoms with Gasteiger partial charge in [0.15, 0.2) is 0 Å². The van der Waals surface area contributed by atoms with Gasteiger partial charge in [-0.2, -0.15) is 0 Å². The second-order valence-corrected chi connectivity index (χ2v) is 18.9. The zero-order valence-corrected chi connectivity index (χ0v) is 35.5. The van der Waals surface area contributed by atoms with Gasteiger partial charge in [-0.3, -0.25) is 4.40 Å². The molecule has 0 bridgehead atoms.